The first-order valence-electron chi connectivity index (χ1n) is 7.49. The second-order valence-electron chi connectivity index (χ2n) is 7.30. The topological polar surface area (TPSA) is 49.8 Å². The van der Waals surface area contributed by atoms with E-state index < -0.39 is 0 Å². The molecule has 4 nitrogen and oxygen atoms in total. The van der Waals surface area contributed by atoms with E-state index >= 15 is 0 Å². The van der Waals surface area contributed by atoms with E-state index in [1.807, 2.05) is 13.1 Å². The lowest BCUT2D eigenvalue weighted by molar-refractivity contribution is 0.302. The van der Waals surface area contributed by atoms with E-state index in [0.29, 0.717) is 0 Å². The predicted molar refractivity (Wildman–Crippen MR) is 87.3 cm³/mol. The van der Waals surface area contributed by atoms with Crippen molar-refractivity contribution in [3.8, 4) is 0 Å². The molecule has 0 aliphatic rings. The summed E-state index contributed by atoms with van der Waals surface area (Å²) in [7, 11) is 1.89. The first-order valence-corrected chi connectivity index (χ1v) is 7.49. The van der Waals surface area contributed by atoms with Gasteiger partial charge in [-0.3, -0.25) is 0 Å². The third-order valence-electron chi connectivity index (χ3n) is 2.94. The molecule has 1 aromatic heterocycles. The first-order chi connectivity index (χ1) is 9.15. The molecule has 0 atom stereocenters. The summed E-state index contributed by atoms with van der Waals surface area (Å²) in [4.78, 5) is 9.11. The van der Waals surface area contributed by atoms with Gasteiger partial charge in [-0.2, -0.15) is 0 Å². The molecule has 0 bridgehead atoms. The second-order valence-corrected chi connectivity index (χ2v) is 7.30. The molecule has 0 radical (unpaired) electrons. The molecule has 2 N–H and O–H groups in total. The summed E-state index contributed by atoms with van der Waals surface area (Å²) >= 11 is 0. The van der Waals surface area contributed by atoms with Gasteiger partial charge in [-0.1, -0.05) is 27.7 Å². The van der Waals surface area contributed by atoms with Gasteiger partial charge in [0.15, 0.2) is 0 Å². The summed E-state index contributed by atoms with van der Waals surface area (Å²) in [5.74, 6) is 2.67. The van der Waals surface area contributed by atoms with E-state index in [1.54, 1.807) is 0 Å². The summed E-state index contributed by atoms with van der Waals surface area (Å²) in [5.41, 5.74) is 0.280. The molecule has 0 spiro atoms. The van der Waals surface area contributed by atoms with Crippen LogP contribution in [-0.2, 0) is 6.42 Å². The Hall–Kier alpha value is -1.32. The van der Waals surface area contributed by atoms with Gasteiger partial charge in [0.25, 0.3) is 0 Å². The number of aromatic nitrogens is 2. The molecular formula is C16H30N4. The number of anilines is 2. The molecule has 1 heterocycles. The van der Waals surface area contributed by atoms with Crippen LogP contribution in [0.1, 0.15) is 60.2 Å². The molecule has 0 unspecified atom stereocenters. The zero-order valence-corrected chi connectivity index (χ0v) is 14.1. The minimum Gasteiger partial charge on any atom is -0.373 e. The van der Waals surface area contributed by atoms with Crippen molar-refractivity contribution in [3.05, 3.63) is 11.9 Å². The maximum Gasteiger partial charge on any atom is 0.133 e. The smallest absolute Gasteiger partial charge is 0.133 e. The number of rotatable bonds is 6. The van der Waals surface area contributed by atoms with E-state index in [9.17, 15) is 0 Å². The van der Waals surface area contributed by atoms with Crippen molar-refractivity contribution < 1.29 is 0 Å². The highest BCUT2D eigenvalue weighted by Gasteiger charge is 2.25. The molecule has 0 amide bonds. The maximum atomic E-state index is 4.62. The average Bonchev–Trinajstić information content (AvgIpc) is 2.24. The van der Waals surface area contributed by atoms with E-state index in [-0.39, 0.29) is 11.0 Å². The lowest BCUT2D eigenvalue weighted by Crippen LogP contribution is -2.35. The Bertz CT molecular complexity index is 433. The number of nitrogens with one attached hydrogen (secondary N) is 2. The van der Waals surface area contributed by atoms with Gasteiger partial charge in [-0.15, -0.1) is 0 Å². The number of hydrogen-bond donors (Lipinski definition) is 2. The van der Waals surface area contributed by atoms with Gasteiger partial charge in [-0.05, 0) is 32.1 Å². The van der Waals surface area contributed by atoms with E-state index in [2.05, 4.69) is 62.1 Å². The van der Waals surface area contributed by atoms with E-state index in [1.165, 1.54) is 0 Å². The van der Waals surface area contributed by atoms with E-state index in [0.717, 1.165) is 36.7 Å². The summed E-state index contributed by atoms with van der Waals surface area (Å²) in [6, 6.07) is 1.98. The molecule has 20 heavy (non-hydrogen) atoms. The van der Waals surface area contributed by atoms with Gasteiger partial charge in [0, 0.05) is 25.1 Å². The molecular weight excluding hydrogens is 248 g/mol. The van der Waals surface area contributed by atoms with Crippen molar-refractivity contribution in [2.45, 2.75) is 66.3 Å². The minimum absolute atomic E-state index is 0.00109. The van der Waals surface area contributed by atoms with Crippen LogP contribution in [0.4, 0.5) is 11.6 Å². The summed E-state index contributed by atoms with van der Waals surface area (Å²) < 4.78 is 0. The summed E-state index contributed by atoms with van der Waals surface area (Å²) in [5, 5.41) is 6.67. The molecule has 4 heteroatoms. The van der Waals surface area contributed by atoms with Crippen molar-refractivity contribution in [3.63, 3.8) is 0 Å². The largest absolute Gasteiger partial charge is 0.373 e. The van der Waals surface area contributed by atoms with Crippen molar-refractivity contribution in [1.29, 1.82) is 0 Å². The summed E-state index contributed by atoms with van der Waals surface area (Å²) in [6.45, 7) is 13.4. The Balaban J connectivity index is 2.92. The lowest BCUT2D eigenvalue weighted by Gasteiger charge is -2.33. The highest BCUT2D eigenvalue weighted by Crippen LogP contribution is 2.29. The van der Waals surface area contributed by atoms with Crippen LogP contribution in [0, 0.1) is 5.41 Å². The van der Waals surface area contributed by atoms with Crippen molar-refractivity contribution in [2.75, 3.05) is 17.7 Å². The predicted octanol–water partition coefficient (Wildman–Crippen LogP) is 4.10. The fraction of sp³-hybridized carbons (Fsp3) is 0.750. The molecule has 1 aromatic rings. The van der Waals surface area contributed by atoms with Gasteiger partial charge in [0.2, 0.25) is 0 Å². The van der Waals surface area contributed by atoms with Crippen LogP contribution in [0.5, 0.6) is 0 Å². The molecule has 1 rings (SSSR count). The fourth-order valence-electron chi connectivity index (χ4n) is 2.74. The Kier molecular flexibility index (Phi) is 5.37. The Morgan fingerprint density at radius 2 is 1.65 bits per heavy atom. The highest BCUT2D eigenvalue weighted by atomic mass is 15.1. The molecule has 0 saturated heterocycles. The van der Waals surface area contributed by atoms with Crippen LogP contribution in [0.25, 0.3) is 0 Å². The van der Waals surface area contributed by atoms with Crippen molar-refractivity contribution in [1.82, 2.24) is 9.97 Å². The number of aryl methyl sites for hydroxylation is 1. The maximum absolute atomic E-state index is 4.62. The zero-order chi connectivity index (χ0) is 15.4. The molecule has 0 aliphatic carbocycles. The Morgan fingerprint density at radius 3 is 2.15 bits per heavy atom. The van der Waals surface area contributed by atoms with E-state index in [4.69, 9.17) is 0 Å². The van der Waals surface area contributed by atoms with Gasteiger partial charge in [0.1, 0.15) is 17.5 Å². The van der Waals surface area contributed by atoms with Crippen molar-refractivity contribution in [2.24, 2.45) is 5.41 Å². The van der Waals surface area contributed by atoms with Gasteiger partial charge in [0.05, 0.1) is 0 Å². The third-order valence-corrected chi connectivity index (χ3v) is 2.94. The first kappa shape index (κ1) is 16.7. The normalized spacial score (nSPS) is 12.3. The second kappa shape index (κ2) is 6.42. The number of nitrogens with zero attached hydrogens (tertiary/aromatic N) is 2. The van der Waals surface area contributed by atoms with Crippen LogP contribution in [0.2, 0.25) is 0 Å². The molecule has 0 saturated carbocycles. The summed E-state index contributed by atoms with van der Waals surface area (Å²) in [6.07, 6.45) is 3.03. The third kappa shape index (κ3) is 5.76. The van der Waals surface area contributed by atoms with Crippen LogP contribution in [0.3, 0.4) is 0 Å². The monoisotopic (exact) mass is 278 g/mol. The molecule has 0 fully saturated rings. The lowest BCUT2D eigenvalue weighted by atomic mass is 9.82. The van der Waals surface area contributed by atoms with Crippen LogP contribution in [-0.4, -0.2) is 22.6 Å². The highest BCUT2D eigenvalue weighted by molar-refractivity contribution is 5.48. The minimum atomic E-state index is 0.00109. The Morgan fingerprint density at radius 1 is 1.05 bits per heavy atom. The van der Waals surface area contributed by atoms with Crippen LogP contribution >= 0.6 is 0 Å². The molecule has 114 valence electrons. The van der Waals surface area contributed by atoms with Crippen LogP contribution < -0.4 is 10.6 Å². The van der Waals surface area contributed by atoms with Gasteiger partial charge < -0.3 is 10.6 Å². The standard InChI is InChI=1S/C16H30N4/c1-8-9-12-18-13(17-7)10-14(19-12)20-16(5,6)11-15(2,3)4/h10H,8-9,11H2,1-7H3,(H2,17,18,19,20). The van der Waals surface area contributed by atoms with Crippen molar-refractivity contribution >= 4 is 11.6 Å². The quantitative estimate of drug-likeness (QED) is 0.822. The SMILES string of the molecule is CCCc1nc(NC)cc(NC(C)(C)CC(C)(C)C)n1. The number of hydrogen-bond acceptors (Lipinski definition) is 4. The van der Waals surface area contributed by atoms with Gasteiger partial charge in [-0.25, -0.2) is 9.97 Å². The Labute approximate surface area is 123 Å². The fourth-order valence-corrected chi connectivity index (χ4v) is 2.74. The average molecular weight is 278 g/mol. The molecule has 0 aromatic carbocycles. The zero-order valence-electron chi connectivity index (χ0n) is 14.1. The van der Waals surface area contributed by atoms with Gasteiger partial charge >= 0.3 is 0 Å². The molecule has 0 aliphatic heterocycles. The van der Waals surface area contributed by atoms with Crippen LogP contribution in [0.15, 0.2) is 6.07 Å².